The Morgan fingerprint density at radius 2 is 1.78 bits per heavy atom. The van der Waals surface area contributed by atoms with Crippen molar-refractivity contribution in [3.8, 4) is 0 Å². The maximum atomic E-state index is 13.3. The number of benzene rings is 2. The van der Waals surface area contributed by atoms with Crippen molar-refractivity contribution in [1.82, 2.24) is 0 Å². The molecule has 1 heterocycles. The summed E-state index contributed by atoms with van der Waals surface area (Å²) in [5.74, 6) is -0.711. The molecule has 0 aromatic heterocycles. The lowest BCUT2D eigenvalue weighted by Crippen LogP contribution is -2.41. The molecule has 2 aromatic rings. The van der Waals surface area contributed by atoms with Crippen LogP contribution < -0.4 is 10.6 Å². The smallest absolute Gasteiger partial charge is 0.338 e. The largest absolute Gasteiger partial charge is 0.463 e. The van der Waals surface area contributed by atoms with Crippen LogP contribution in [0.15, 0.2) is 71.2 Å². The SMILES string of the molecule is CCOC(=O)C1=C(N)N(c2ccc(Cl)cc2)C2=C(C(=O)CCC2)[C@H]1c1ccc(CC)cc1. The first-order valence-electron chi connectivity index (χ1n) is 11.0. The molecule has 0 saturated carbocycles. The zero-order valence-corrected chi connectivity index (χ0v) is 19.1. The van der Waals surface area contributed by atoms with Gasteiger partial charge in [0.2, 0.25) is 0 Å². The molecule has 5 nitrogen and oxygen atoms in total. The molecule has 6 heteroatoms. The molecule has 1 aliphatic carbocycles. The van der Waals surface area contributed by atoms with E-state index in [4.69, 9.17) is 22.1 Å². The first kappa shape index (κ1) is 22.2. The van der Waals surface area contributed by atoms with E-state index in [0.717, 1.165) is 29.8 Å². The van der Waals surface area contributed by atoms with Crippen molar-refractivity contribution in [2.24, 2.45) is 5.73 Å². The fourth-order valence-electron chi connectivity index (χ4n) is 4.56. The number of halogens is 1. The van der Waals surface area contributed by atoms with Crippen LogP contribution in [0.25, 0.3) is 0 Å². The summed E-state index contributed by atoms with van der Waals surface area (Å²) in [5, 5.41) is 0.599. The van der Waals surface area contributed by atoms with Gasteiger partial charge in [0.25, 0.3) is 0 Å². The van der Waals surface area contributed by atoms with Crippen LogP contribution in [0.4, 0.5) is 5.69 Å². The van der Waals surface area contributed by atoms with Crippen molar-refractivity contribution in [3.05, 3.63) is 87.3 Å². The maximum Gasteiger partial charge on any atom is 0.338 e. The minimum Gasteiger partial charge on any atom is -0.463 e. The molecular formula is C26H27ClN2O3. The maximum absolute atomic E-state index is 13.3. The fourth-order valence-corrected chi connectivity index (χ4v) is 4.69. The van der Waals surface area contributed by atoms with Gasteiger partial charge in [-0.15, -0.1) is 0 Å². The number of nitrogens with zero attached hydrogens (tertiary/aromatic N) is 1. The molecule has 2 aromatic carbocycles. The van der Waals surface area contributed by atoms with Crippen LogP contribution in [0.5, 0.6) is 0 Å². The van der Waals surface area contributed by atoms with E-state index in [-0.39, 0.29) is 12.4 Å². The first-order chi connectivity index (χ1) is 15.5. The number of Topliss-reactive ketones (excluding diaryl/α,β-unsaturated/α-hetero) is 1. The Labute approximate surface area is 193 Å². The molecule has 1 aliphatic heterocycles. The Bertz CT molecular complexity index is 1100. The Morgan fingerprint density at radius 3 is 2.41 bits per heavy atom. The number of ether oxygens (including phenoxy) is 1. The minimum absolute atomic E-state index is 0.0454. The zero-order valence-electron chi connectivity index (χ0n) is 18.4. The Balaban J connectivity index is 1.96. The summed E-state index contributed by atoms with van der Waals surface area (Å²) < 4.78 is 5.41. The number of carbonyl (C=O) groups is 2. The average Bonchev–Trinajstić information content (AvgIpc) is 2.79. The molecule has 0 fully saturated rings. The van der Waals surface area contributed by atoms with E-state index in [0.29, 0.717) is 34.8 Å². The molecule has 1 atom stereocenters. The van der Waals surface area contributed by atoms with E-state index in [1.54, 1.807) is 19.1 Å². The van der Waals surface area contributed by atoms with Crippen molar-refractivity contribution in [1.29, 1.82) is 0 Å². The van der Waals surface area contributed by atoms with E-state index in [2.05, 4.69) is 6.92 Å². The van der Waals surface area contributed by atoms with Crippen LogP contribution in [-0.2, 0) is 20.7 Å². The summed E-state index contributed by atoms with van der Waals surface area (Å²) in [6.45, 7) is 4.07. The molecule has 0 bridgehead atoms. The lowest BCUT2D eigenvalue weighted by atomic mass is 9.75. The quantitative estimate of drug-likeness (QED) is 0.630. The van der Waals surface area contributed by atoms with Crippen LogP contribution >= 0.6 is 11.6 Å². The van der Waals surface area contributed by atoms with Gasteiger partial charge in [0.15, 0.2) is 5.78 Å². The molecule has 166 valence electrons. The van der Waals surface area contributed by atoms with E-state index >= 15 is 0 Å². The van der Waals surface area contributed by atoms with Crippen molar-refractivity contribution in [2.45, 2.75) is 45.4 Å². The Hall–Kier alpha value is -3.05. The van der Waals surface area contributed by atoms with Crippen molar-refractivity contribution in [3.63, 3.8) is 0 Å². The van der Waals surface area contributed by atoms with Gasteiger partial charge >= 0.3 is 5.97 Å². The van der Waals surface area contributed by atoms with Crippen LogP contribution in [0.2, 0.25) is 5.02 Å². The number of nitrogens with two attached hydrogens (primary N) is 1. The lowest BCUT2D eigenvalue weighted by molar-refractivity contribution is -0.138. The standard InChI is InChI=1S/C26H27ClN2O3/c1-3-16-8-10-17(11-9-16)22-23-20(6-5-7-21(23)30)29(19-14-12-18(27)13-15-19)25(28)24(22)26(31)32-4-2/h8-15,22H,3-7,28H2,1-2H3/t22-/m1/s1. The number of rotatable bonds is 5. The van der Waals surface area contributed by atoms with Crippen LogP contribution in [0.1, 0.15) is 50.2 Å². The number of hydrogen-bond acceptors (Lipinski definition) is 5. The zero-order chi connectivity index (χ0) is 22.8. The number of allylic oxidation sites excluding steroid dienone is 2. The second-order valence-electron chi connectivity index (χ2n) is 8.00. The Kier molecular flexibility index (Phi) is 6.38. The minimum atomic E-state index is -0.550. The van der Waals surface area contributed by atoms with Crippen LogP contribution in [-0.4, -0.2) is 18.4 Å². The van der Waals surface area contributed by atoms with Crippen molar-refractivity contribution < 1.29 is 14.3 Å². The third-order valence-corrected chi connectivity index (χ3v) is 6.35. The summed E-state index contributed by atoms with van der Waals surface area (Å²) in [5.41, 5.74) is 11.3. The Morgan fingerprint density at radius 1 is 1.09 bits per heavy atom. The predicted octanol–water partition coefficient (Wildman–Crippen LogP) is 5.25. The molecule has 2 N–H and O–H groups in total. The average molecular weight is 451 g/mol. The third-order valence-electron chi connectivity index (χ3n) is 6.09. The van der Waals surface area contributed by atoms with Gasteiger partial charge in [0.05, 0.1) is 18.1 Å². The van der Waals surface area contributed by atoms with Crippen molar-refractivity contribution in [2.75, 3.05) is 11.5 Å². The van der Waals surface area contributed by atoms with Gasteiger partial charge in [-0.05, 0) is 61.6 Å². The van der Waals surface area contributed by atoms with Gasteiger partial charge in [-0.25, -0.2) is 4.79 Å². The highest BCUT2D eigenvalue weighted by molar-refractivity contribution is 6.30. The molecule has 0 unspecified atom stereocenters. The van der Waals surface area contributed by atoms with Gasteiger partial charge in [-0.1, -0.05) is 42.8 Å². The normalized spacial score (nSPS) is 18.7. The van der Waals surface area contributed by atoms with E-state index in [9.17, 15) is 9.59 Å². The molecule has 0 spiro atoms. The molecular weight excluding hydrogens is 424 g/mol. The highest BCUT2D eigenvalue weighted by Crippen LogP contribution is 2.46. The highest BCUT2D eigenvalue weighted by atomic mass is 35.5. The van der Waals surface area contributed by atoms with Gasteiger partial charge in [-0.3, -0.25) is 9.69 Å². The third kappa shape index (κ3) is 3.93. The fraction of sp³-hybridized carbons (Fsp3) is 0.308. The number of ketones is 1. The molecule has 32 heavy (non-hydrogen) atoms. The summed E-state index contributed by atoms with van der Waals surface area (Å²) in [6, 6.07) is 15.3. The summed E-state index contributed by atoms with van der Waals surface area (Å²) in [7, 11) is 0. The predicted molar refractivity (Wildman–Crippen MR) is 126 cm³/mol. The van der Waals surface area contributed by atoms with E-state index in [1.807, 2.05) is 41.3 Å². The summed E-state index contributed by atoms with van der Waals surface area (Å²) >= 11 is 6.09. The van der Waals surface area contributed by atoms with Gasteiger partial charge in [0.1, 0.15) is 5.82 Å². The van der Waals surface area contributed by atoms with Crippen LogP contribution in [0.3, 0.4) is 0 Å². The van der Waals surface area contributed by atoms with Crippen molar-refractivity contribution >= 4 is 29.0 Å². The monoisotopic (exact) mass is 450 g/mol. The number of hydrogen-bond donors (Lipinski definition) is 1. The molecule has 0 amide bonds. The highest BCUT2D eigenvalue weighted by Gasteiger charge is 2.43. The van der Waals surface area contributed by atoms with E-state index < -0.39 is 11.9 Å². The van der Waals surface area contributed by atoms with Crippen LogP contribution in [0, 0.1) is 0 Å². The molecule has 2 aliphatic rings. The second kappa shape index (κ2) is 9.21. The molecule has 0 radical (unpaired) electrons. The molecule has 0 saturated heterocycles. The van der Waals surface area contributed by atoms with Gasteiger partial charge < -0.3 is 10.5 Å². The second-order valence-corrected chi connectivity index (χ2v) is 8.43. The van der Waals surface area contributed by atoms with Gasteiger partial charge in [-0.2, -0.15) is 0 Å². The summed E-state index contributed by atoms with van der Waals surface area (Å²) in [4.78, 5) is 28.3. The van der Waals surface area contributed by atoms with Gasteiger partial charge in [0, 0.05) is 28.4 Å². The van der Waals surface area contributed by atoms with E-state index in [1.165, 1.54) is 5.56 Å². The summed E-state index contributed by atoms with van der Waals surface area (Å²) in [6.07, 6.45) is 2.80. The number of carbonyl (C=O) groups excluding carboxylic acids is 2. The first-order valence-corrected chi connectivity index (χ1v) is 11.4. The number of anilines is 1. The number of aryl methyl sites for hydroxylation is 1. The topological polar surface area (TPSA) is 72.6 Å². The lowest BCUT2D eigenvalue weighted by Gasteiger charge is -2.40. The molecule has 4 rings (SSSR count). The number of esters is 1.